The highest BCUT2D eigenvalue weighted by molar-refractivity contribution is 6.22. The Bertz CT molecular complexity index is 1110. The lowest BCUT2D eigenvalue weighted by Gasteiger charge is -2.27. The minimum absolute atomic E-state index is 0.158. The molecule has 0 spiro atoms. The van der Waals surface area contributed by atoms with Crippen LogP contribution in [0.25, 0.3) is 0 Å². The summed E-state index contributed by atoms with van der Waals surface area (Å²) in [5.74, 6) is 0.119. The molecule has 0 aliphatic carbocycles. The molecule has 0 radical (unpaired) electrons. The van der Waals surface area contributed by atoms with Gasteiger partial charge in [0.05, 0.1) is 13.7 Å². The molecule has 0 bridgehead atoms. The van der Waals surface area contributed by atoms with Crippen molar-refractivity contribution in [3.05, 3.63) is 89.5 Å². The smallest absolute Gasteiger partial charge is 0.331 e. The van der Waals surface area contributed by atoms with E-state index < -0.39 is 17.3 Å². The summed E-state index contributed by atoms with van der Waals surface area (Å²) < 4.78 is 16.7. The molecule has 0 saturated heterocycles. The third-order valence-corrected chi connectivity index (χ3v) is 5.35. The monoisotopic (exact) mass is 417 g/mol. The maximum Gasteiger partial charge on any atom is 0.331 e. The number of benzene rings is 3. The number of esters is 1. The zero-order valence-electron chi connectivity index (χ0n) is 17.4. The number of anilines is 1. The van der Waals surface area contributed by atoms with Crippen LogP contribution in [-0.4, -0.2) is 25.6 Å². The number of ether oxygens (including phenoxy) is 3. The van der Waals surface area contributed by atoms with Crippen molar-refractivity contribution in [1.82, 2.24) is 0 Å². The van der Waals surface area contributed by atoms with Gasteiger partial charge in [-0.1, -0.05) is 48.5 Å². The van der Waals surface area contributed by atoms with Gasteiger partial charge in [-0.3, -0.25) is 9.59 Å². The minimum Gasteiger partial charge on any atom is -0.497 e. The topological polar surface area (TPSA) is 73.9 Å². The number of fused-ring (bicyclic) bond motifs is 1. The van der Waals surface area contributed by atoms with Crippen molar-refractivity contribution in [3.8, 4) is 11.5 Å². The second-order valence-corrected chi connectivity index (χ2v) is 7.10. The highest BCUT2D eigenvalue weighted by Gasteiger charge is 2.57. The Balaban J connectivity index is 1.77. The predicted octanol–water partition coefficient (Wildman–Crippen LogP) is 4.08. The summed E-state index contributed by atoms with van der Waals surface area (Å²) in [7, 11) is 1.61. The lowest BCUT2D eigenvalue weighted by Crippen LogP contribution is -2.45. The average molecular weight is 417 g/mol. The third-order valence-electron chi connectivity index (χ3n) is 5.35. The van der Waals surface area contributed by atoms with Gasteiger partial charge in [0, 0.05) is 16.8 Å². The fourth-order valence-corrected chi connectivity index (χ4v) is 3.86. The maximum absolute atomic E-state index is 13.3. The second kappa shape index (κ2) is 8.52. The van der Waals surface area contributed by atoms with E-state index in [2.05, 4.69) is 5.32 Å². The van der Waals surface area contributed by atoms with Crippen molar-refractivity contribution in [2.45, 2.75) is 18.9 Å². The van der Waals surface area contributed by atoms with Crippen LogP contribution in [0, 0.1) is 0 Å². The van der Waals surface area contributed by atoms with E-state index in [0.717, 1.165) is 11.3 Å². The Morgan fingerprint density at radius 2 is 1.61 bits per heavy atom. The maximum atomic E-state index is 13.3. The van der Waals surface area contributed by atoms with Gasteiger partial charge in [0.1, 0.15) is 18.1 Å². The van der Waals surface area contributed by atoms with Crippen molar-refractivity contribution in [2.75, 3.05) is 19.0 Å². The molecule has 1 aliphatic rings. The van der Waals surface area contributed by atoms with Gasteiger partial charge in [0.25, 0.3) is 5.91 Å². The van der Waals surface area contributed by atoms with E-state index in [1.807, 2.05) is 36.4 Å². The highest BCUT2D eigenvalue weighted by atomic mass is 16.5. The highest BCUT2D eigenvalue weighted by Crippen LogP contribution is 2.47. The van der Waals surface area contributed by atoms with E-state index >= 15 is 0 Å². The number of hydrogen-bond acceptors (Lipinski definition) is 5. The molecule has 1 unspecified atom stereocenters. The molecule has 1 heterocycles. The molecular weight excluding hydrogens is 394 g/mol. The summed E-state index contributed by atoms with van der Waals surface area (Å²) in [6.45, 7) is 2.14. The first kappa shape index (κ1) is 20.5. The fourth-order valence-electron chi connectivity index (χ4n) is 3.86. The minimum atomic E-state index is -1.64. The summed E-state index contributed by atoms with van der Waals surface area (Å²) in [5, 5.41) is 2.83. The number of carbonyl (C=O) groups excluding carboxylic acids is 2. The number of hydrogen-bond donors (Lipinski definition) is 1. The number of rotatable bonds is 7. The van der Waals surface area contributed by atoms with Crippen molar-refractivity contribution >= 4 is 17.6 Å². The van der Waals surface area contributed by atoms with Crippen LogP contribution in [-0.2, 0) is 26.3 Å². The molecule has 3 aromatic rings. The quantitative estimate of drug-likeness (QED) is 0.463. The molecular formula is C25H23NO5. The summed E-state index contributed by atoms with van der Waals surface area (Å²) in [6.07, 6.45) is 0. The molecule has 158 valence electrons. The van der Waals surface area contributed by atoms with Crippen LogP contribution in [0.15, 0.2) is 72.8 Å². The number of nitrogens with one attached hydrogen (secondary N) is 1. The van der Waals surface area contributed by atoms with Crippen molar-refractivity contribution in [3.63, 3.8) is 0 Å². The van der Waals surface area contributed by atoms with Crippen LogP contribution in [0.5, 0.6) is 11.5 Å². The summed E-state index contributed by atoms with van der Waals surface area (Å²) >= 11 is 0. The summed E-state index contributed by atoms with van der Waals surface area (Å²) in [4.78, 5) is 26.6. The second-order valence-electron chi connectivity index (χ2n) is 7.10. The number of para-hydroxylation sites is 2. The molecule has 31 heavy (non-hydrogen) atoms. The van der Waals surface area contributed by atoms with Crippen LogP contribution in [0.3, 0.4) is 0 Å². The van der Waals surface area contributed by atoms with Crippen LogP contribution in [0.4, 0.5) is 5.69 Å². The molecule has 0 saturated carbocycles. The molecule has 1 aliphatic heterocycles. The average Bonchev–Trinajstić information content (AvgIpc) is 3.11. The first-order valence-electron chi connectivity index (χ1n) is 10.0. The van der Waals surface area contributed by atoms with Gasteiger partial charge in [-0.05, 0) is 36.8 Å². The van der Waals surface area contributed by atoms with Crippen molar-refractivity contribution < 1.29 is 23.8 Å². The first-order valence-corrected chi connectivity index (χ1v) is 10.0. The Morgan fingerprint density at radius 3 is 2.32 bits per heavy atom. The molecule has 0 fully saturated rings. The lowest BCUT2D eigenvalue weighted by molar-refractivity contribution is -0.151. The Labute approximate surface area is 180 Å². The van der Waals surface area contributed by atoms with E-state index in [1.54, 1.807) is 50.4 Å². The van der Waals surface area contributed by atoms with Crippen LogP contribution < -0.4 is 14.8 Å². The molecule has 0 aromatic heterocycles. The van der Waals surface area contributed by atoms with Gasteiger partial charge >= 0.3 is 5.97 Å². The normalized spacial score (nSPS) is 16.9. The van der Waals surface area contributed by atoms with Crippen molar-refractivity contribution in [1.29, 1.82) is 0 Å². The molecule has 1 amide bonds. The van der Waals surface area contributed by atoms with Crippen LogP contribution in [0.2, 0.25) is 0 Å². The standard InChI is InChI=1S/C25H23NO5/c1-3-30-24(28)25(19-8-4-6-10-21(19)26-23(25)27)20-9-5-7-11-22(20)31-16-17-12-14-18(29-2)15-13-17/h4-15H,3,16H2,1-2H3,(H,26,27). The molecule has 6 heteroatoms. The molecule has 4 rings (SSSR count). The van der Waals surface area contributed by atoms with Gasteiger partial charge in [0.2, 0.25) is 5.41 Å². The number of amides is 1. The third kappa shape index (κ3) is 3.50. The van der Waals surface area contributed by atoms with E-state index in [0.29, 0.717) is 22.6 Å². The van der Waals surface area contributed by atoms with Gasteiger partial charge < -0.3 is 19.5 Å². The number of methoxy groups -OCH3 is 1. The molecule has 1 N–H and O–H groups in total. The van der Waals surface area contributed by atoms with Gasteiger partial charge in [-0.15, -0.1) is 0 Å². The van der Waals surface area contributed by atoms with E-state index in [-0.39, 0.29) is 13.2 Å². The molecule has 3 aromatic carbocycles. The Hall–Kier alpha value is -3.80. The Morgan fingerprint density at radius 1 is 0.935 bits per heavy atom. The van der Waals surface area contributed by atoms with E-state index in [9.17, 15) is 9.59 Å². The summed E-state index contributed by atoms with van der Waals surface area (Å²) in [5.41, 5.74) is 0.884. The number of carbonyl (C=O) groups is 2. The first-order chi connectivity index (χ1) is 15.1. The predicted molar refractivity (Wildman–Crippen MR) is 116 cm³/mol. The lowest BCUT2D eigenvalue weighted by atomic mass is 9.75. The van der Waals surface area contributed by atoms with E-state index in [4.69, 9.17) is 14.2 Å². The Kier molecular flexibility index (Phi) is 5.62. The van der Waals surface area contributed by atoms with Crippen molar-refractivity contribution in [2.24, 2.45) is 0 Å². The zero-order chi connectivity index (χ0) is 21.8. The van der Waals surface area contributed by atoms with E-state index in [1.165, 1.54) is 0 Å². The fraction of sp³-hybridized carbons (Fsp3) is 0.200. The van der Waals surface area contributed by atoms with Crippen LogP contribution >= 0.6 is 0 Å². The largest absolute Gasteiger partial charge is 0.497 e. The van der Waals surface area contributed by atoms with Gasteiger partial charge in [-0.25, -0.2) is 0 Å². The molecule has 1 atom stereocenters. The molecule has 6 nitrogen and oxygen atoms in total. The zero-order valence-corrected chi connectivity index (χ0v) is 17.4. The summed E-state index contributed by atoms with van der Waals surface area (Å²) in [6, 6.07) is 21.8. The van der Waals surface area contributed by atoms with Crippen LogP contribution in [0.1, 0.15) is 23.6 Å². The van der Waals surface area contributed by atoms with Gasteiger partial charge in [0.15, 0.2) is 0 Å². The SMILES string of the molecule is CCOC(=O)C1(c2ccccc2OCc2ccc(OC)cc2)C(=O)Nc2ccccc21. The van der Waals surface area contributed by atoms with Gasteiger partial charge in [-0.2, -0.15) is 0 Å².